The number of carbonyl (C=O) groups is 2. The molecule has 28 heavy (non-hydrogen) atoms. The number of hydrogen-bond acceptors (Lipinski definition) is 5. The van der Waals surface area contributed by atoms with Crippen molar-refractivity contribution in [1.82, 2.24) is 4.98 Å². The Kier molecular flexibility index (Phi) is 6.44. The van der Waals surface area contributed by atoms with Crippen LogP contribution in [0.1, 0.15) is 45.7 Å². The van der Waals surface area contributed by atoms with Crippen LogP contribution in [0.3, 0.4) is 0 Å². The van der Waals surface area contributed by atoms with Crippen molar-refractivity contribution in [1.29, 1.82) is 0 Å². The van der Waals surface area contributed by atoms with Gasteiger partial charge in [0.1, 0.15) is 5.75 Å². The quantitative estimate of drug-likeness (QED) is 0.766. The number of carbonyl (C=O) groups excluding carboxylic acids is 2. The predicted octanol–water partition coefficient (Wildman–Crippen LogP) is 3.85. The Morgan fingerprint density at radius 3 is 2.36 bits per heavy atom. The summed E-state index contributed by atoms with van der Waals surface area (Å²) < 4.78 is 10.6. The molecule has 2 rings (SSSR count). The van der Waals surface area contributed by atoms with E-state index in [1.165, 1.54) is 7.11 Å². The zero-order valence-corrected chi connectivity index (χ0v) is 17.3. The number of ether oxygens (including phenoxy) is 2. The molecule has 0 aliphatic carbocycles. The van der Waals surface area contributed by atoms with Crippen LogP contribution in [0.15, 0.2) is 42.7 Å². The largest absolute Gasteiger partial charge is 0.495 e. The van der Waals surface area contributed by atoms with Crippen molar-refractivity contribution < 1.29 is 19.1 Å². The van der Waals surface area contributed by atoms with E-state index in [0.29, 0.717) is 11.4 Å². The molecule has 0 aliphatic rings. The molecular weight excluding hydrogens is 356 g/mol. The molecule has 0 fully saturated rings. The maximum Gasteiger partial charge on any atom is 0.316 e. The summed E-state index contributed by atoms with van der Waals surface area (Å²) in [5.74, 6) is -0.380. The third kappa shape index (κ3) is 5.09. The molecule has 0 saturated heterocycles. The highest BCUT2D eigenvalue weighted by atomic mass is 16.5. The molecule has 1 aromatic carbocycles. The van der Waals surface area contributed by atoms with E-state index in [9.17, 15) is 9.59 Å². The minimum atomic E-state index is -0.904. The topological polar surface area (TPSA) is 77.5 Å². The molecule has 2 aromatic rings. The van der Waals surface area contributed by atoms with Crippen LogP contribution in [0.2, 0.25) is 0 Å². The number of methoxy groups -OCH3 is 1. The standard InChI is InChI=1S/C22H28N2O4/c1-21(2,3)15-9-10-18(27-6)17(12-15)24-19(25)14-28-20(26)22(4,5)16-8-7-11-23-13-16/h7-13H,14H2,1-6H3,(H,24,25). The first-order valence-corrected chi connectivity index (χ1v) is 9.12. The van der Waals surface area contributed by atoms with Gasteiger partial charge in [-0.3, -0.25) is 14.6 Å². The smallest absolute Gasteiger partial charge is 0.316 e. The van der Waals surface area contributed by atoms with E-state index in [1.807, 2.05) is 18.2 Å². The van der Waals surface area contributed by atoms with Crippen LogP contribution in [0.25, 0.3) is 0 Å². The molecule has 0 bridgehead atoms. The maximum absolute atomic E-state index is 12.5. The minimum absolute atomic E-state index is 0.0774. The summed E-state index contributed by atoms with van der Waals surface area (Å²) in [5.41, 5.74) is 1.34. The van der Waals surface area contributed by atoms with Gasteiger partial charge in [-0.05, 0) is 48.6 Å². The SMILES string of the molecule is COc1ccc(C(C)(C)C)cc1NC(=O)COC(=O)C(C)(C)c1cccnc1. The fourth-order valence-electron chi connectivity index (χ4n) is 2.62. The number of benzene rings is 1. The number of anilines is 1. The molecular formula is C22H28N2O4. The Hall–Kier alpha value is -2.89. The van der Waals surface area contributed by atoms with Gasteiger partial charge in [-0.25, -0.2) is 0 Å². The Balaban J connectivity index is 2.05. The van der Waals surface area contributed by atoms with E-state index in [1.54, 1.807) is 38.4 Å². The van der Waals surface area contributed by atoms with Crippen LogP contribution in [0, 0.1) is 0 Å². The first kappa shape index (κ1) is 21.4. The monoisotopic (exact) mass is 384 g/mol. The summed E-state index contributed by atoms with van der Waals surface area (Å²) in [7, 11) is 1.54. The van der Waals surface area contributed by atoms with Crippen LogP contribution in [0.4, 0.5) is 5.69 Å². The molecule has 1 aromatic heterocycles. The van der Waals surface area contributed by atoms with E-state index in [0.717, 1.165) is 11.1 Å². The zero-order valence-electron chi connectivity index (χ0n) is 17.3. The van der Waals surface area contributed by atoms with Gasteiger partial charge < -0.3 is 14.8 Å². The molecule has 150 valence electrons. The Labute approximate surface area is 166 Å². The van der Waals surface area contributed by atoms with Gasteiger partial charge in [0.25, 0.3) is 5.91 Å². The van der Waals surface area contributed by atoms with Crippen molar-refractivity contribution in [3.8, 4) is 5.75 Å². The van der Waals surface area contributed by atoms with Crippen LogP contribution >= 0.6 is 0 Å². The van der Waals surface area contributed by atoms with Crippen molar-refractivity contribution in [2.75, 3.05) is 19.0 Å². The average Bonchev–Trinajstić information content (AvgIpc) is 2.66. The zero-order chi connectivity index (χ0) is 20.9. The lowest BCUT2D eigenvalue weighted by Crippen LogP contribution is -2.33. The first-order chi connectivity index (χ1) is 13.1. The van der Waals surface area contributed by atoms with Crippen molar-refractivity contribution in [3.05, 3.63) is 53.9 Å². The van der Waals surface area contributed by atoms with E-state index in [-0.39, 0.29) is 12.0 Å². The highest BCUT2D eigenvalue weighted by Crippen LogP contribution is 2.31. The van der Waals surface area contributed by atoms with Gasteiger partial charge in [0.15, 0.2) is 6.61 Å². The van der Waals surface area contributed by atoms with Gasteiger partial charge in [0.2, 0.25) is 0 Å². The summed E-state index contributed by atoms with van der Waals surface area (Å²) in [5, 5.41) is 2.77. The molecule has 0 atom stereocenters. The number of hydrogen-bond donors (Lipinski definition) is 1. The molecule has 1 amide bonds. The molecule has 0 unspecified atom stereocenters. The molecule has 6 nitrogen and oxygen atoms in total. The molecule has 0 radical (unpaired) electrons. The van der Waals surface area contributed by atoms with Crippen LogP contribution in [0.5, 0.6) is 5.75 Å². The van der Waals surface area contributed by atoms with Crippen LogP contribution in [-0.4, -0.2) is 30.6 Å². The molecule has 1 heterocycles. The molecule has 0 saturated carbocycles. The molecule has 6 heteroatoms. The van der Waals surface area contributed by atoms with Gasteiger partial charge in [0, 0.05) is 12.4 Å². The lowest BCUT2D eigenvalue weighted by molar-refractivity contribution is -0.152. The summed E-state index contributed by atoms with van der Waals surface area (Å²) in [6, 6.07) is 9.21. The third-order valence-corrected chi connectivity index (χ3v) is 4.57. The second-order valence-electron chi connectivity index (χ2n) is 8.16. The lowest BCUT2D eigenvalue weighted by atomic mass is 9.86. The second-order valence-corrected chi connectivity index (χ2v) is 8.16. The van der Waals surface area contributed by atoms with Crippen molar-refractivity contribution in [2.45, 2.75) is 45.4 Å². The number of esters is 1. The average molecular weight is 384 g/mol. The summed E-state index contributed by atoms with van der Waals surface area (Å²) in [6.45, 7) is 9.35. The lowest BCUT2D eigenvalue weighted by Gasteiger charge is -2.23. The van der Waals surface area contributed by atoms with E-state index >= 15 is 0 Å². The Morgan fingerprint density at radius 2 is 1.79 bits per heavy atom. The maximum atomic E-state index is 12.5. The normalized spacial score (nSPS) is 11.6. The third-order valence-electron chi connectivity index (χ3n) is 4.57. The highest BCUT2D eigenvalue weighted by molar-refractivity contribution is 5.95. The number of nitrogens with zero attached hydrogens (tertiary/aromatic N) is 1. The first-order valence-electron chi connectivity index (χ1n) is 9.12. The minimum Gasteiger partial charge on any atom is -0.495 e. The molecule has 0 spiro atoms. The van der Waals surface area contributed by atoms with E-state index in [2.05, 4.69) is 31.1 Å². The number of pyridine rings is 1. The van der Waals surface area contributed by atoms with Gasteiger partial charge in [-0.15, -0.1) is 0 Å². The van der Waals surface area contributed by atoms with Crippen LogP contribution in [-0.2, 0) is 25.2 Å². The van der Waals surface area contributed by atoms with Gasteiger partial charge in [0.05, 0.1) is 18.2 Å². The van der Waals surface area contributed by atoms with Crippen LogP contribution < -0.4 is 10.1 Å². The summed E-state index contributed by atoms with van der Waals surface area (Å²) >= 11 is 0. The number of aromatic nitrogens is 1. The fraction of sp³-hybridized carbons (Fsp3) is 0.409. The van der Waals surface area contributed by atoms with Crippen molar-refractivity contribution in [2.24, 2.45) is 0 Å². The number of nitrogens with one attached hydrogen (secondary N) is 1. The Bertz CT molecular complexity index is 839. The summed E-state index contributed by atoms with van der Waals surface area (Å²) in [6.07, 6.45) is 3.25. The van der Waals surface area contributed by atoms with Gasteiger partial charge in [-0.2, -0.15) is 0 Å². The molecule has 0 aliphatic heterocycles. The number of rotatable bonds is 6. The molecule has 1 N–H and O–H groups in total. The Morgan fingerprint density at radius 1 is 1.07 bits per heavy atom. The van der Waals surface area contributed by atoms with E-state index < -0.39 is 17.3 Å². The van der Waals surface area contributed by atoms with E-state index in [4.69, 9.17) is 9.47 Å². The second kappa shape index (κ2) is 8.42. The number of amides is 1. The van der Waals surface area contributed by atoms with Gasteiger partial charge in [-0.1, -0.05) is 32.9 Å². The predicted molar refractivity (Wildman–Crippen MR) is 109 cm³/mol. The fourth-order valence-corrected chi connectivity index (χ4v) is 2.62. The van der Waals surface area contributed by atoms with Gasteiger partial charge >= 0.3 is 5.97 Å². The summed E-state index contributed by atoms with van der Waals surface area (Å²) in [4.78, 5) is 28.9. The van der Waals surface area contributed by atoms with Crippen molar-refractivity contribution >= 4 is 17.6 Å². The van der Waals surface area contributed by atoms with Crippen molar-refractivity contribution in [3.63, 3.8) is 0 Å². The highest BCUT2D eigenvalue weighted by Gasteiger charge is 2.32.